The SMILES string of the molecule is CCOC(=O)c1c(-c2ccccc2F)nn2c1OCC(OC)C2. The van der Waals surface area contributed by atoms with Crippen molar-refractivity contribution >= 4 is 5.97 Å². The van der Waals surface area contributed by atoms with Gasteiger partial charge in [-0.1, -0.05) is 12.1 Å². The summed E-state index contributed by atoms with van der Waals surface area (Å²) in [5.74, 6) is -0.755. The van der Waals surface area contributed by atoms with Gasteiger partial charge in [0.1, 0.15) is 29.8 Å². The summed E-state index contributed by atoms with van der Waals surface area (Å²) < 4.78 is 31.6. The van der Waals surface area contributed by atoms with Crippen LogP contribution in [0.1, 0.15) is 17.3 Å². The molecule has 122 valence electrons. The van der Waals surface area contributed by atoms with Crippen molar-refractivity contribution in [3.63, 3.8) is 0 Å². The maximum atomic E-state index is 14.1. The van der Waals surface area contributed by atoms with Crippen LogP contribution in [0.25, 0.3) is 11.3 Å². The maximum Gasteiger partial charge on any atom is 0.345 e. The molecule has 0 fully saturated rings. The van der Waals surface area contributed by atoms with Crippen molar-refractivity contribution in [1.29, 1.82) is 0 Å². The molecule has 1 aromatic heterocycles. The Morgan fingerprint density at radius 2 is 2.26 bits per heavy atom. The zero-order chi connectivity index (χ0) is 16.4. The van der Waals surface area contributed by atoms with Crippen LogP contribution in [0.3, 0.4) is 0 Å². The molecule has 0 radical (unpaired) electrons. The Labute approximate surface area is 132 Å². The van der Waals surface area contributed by atoms with E-state index in [2.05, 4.69) is 5.10 Å². The van der Waals surface area contributed by atoms with Gasteiger partial charge in [-0.15, -0.1) is 0 Å². The van der Waals surface area contributed by atoms with Crippen LogP contribution in [-0.2, 0) is 16.0 Å². The number of methoxy groups -OCH3 is 1. The van der Waals surface area contributed by atoms with Crippen LogP contribution in [0.5, 0.6) is 5.88 Å². The summed E-state index contributed by atoms with van der Waals surface area (Å²) in [6.45, 7) is 2.64. The third-order valence-electron chi connectivity index (χ3n) is 3.63. The molecule has 23 heavy (non-hydrogen) atoms. The van der Waals surface area contributed by atoms with Crippen molar-refractivity contribution < 1.29 is 23.4 Å². The van der Waals surface area contributed by atoms with Gasteiger partial charge < -0.3 is 14.2 Å². The highest BCUT2D eigenvalue weighted by atomic mass is 19.1. The van der Waals surface area contributed by atoms with Gasteiger partial charge in [-0.25, -0.2) is 13.9 Å². The van der Waals surface area contributed by atoms with Crippen LogP contribution >= 0.6 is 0 Å². The predicted octanol–water partition coefficient (Wildman–Crippen LogP) is 2.27. The van der Waals surface area contributed by atoms with Crippen LogP contribution in [0, 0.1) is 5.82 Å². The first-order chi connectivity index (χ1) is 11.2. The molecule has 0 aliphatic carbocycles. The summed E-state index contributed by atoms with van der Waals surface area (Å²) in [6, 6.07) is 6.16. The van der Waals surface area contributed by atoms with Gasteiger partial charge in [0.2, 0.25) is 5.88 Å². The summed E-state index contributed by atoms with van der Waals surface area (Å²) >= 11 is 0. The summed E-state index contributed by atoms with van der Waals surface area (Å²) in [5.41, 5.74) is 0.592. The molecule has 2 aromatic rings. The average Bonchev–Trinajstić information content (AvgIpc) is 2.93. The highest BCUT2D eigenvalue weighted by Gasteiger charge is 2.32. The number of carbonyl (C=O) groups is 1. The first-order valence-corrected chi connectivity index (χ1v) is 7.34. The molecule has 0 saturated carbocycles. The minimum absolute atomic E-state index is 0.145. The van der Waals surface area contributed by atoms with E-state index in [0.717, 1.165) is 0 Å². The van der Waals surface area contributed by atoms with Gasteiger partial charge in [0.25, 0.3) is 0 Å². The van der Waals surface area contributed by atoms with Gasteiger partial charge in [0.15, 0.2) is 0 Å². The molecule has 0 bridgehead atoms. The number of halogens is 1. The Bertz CT molecular complexity index is 729. The van der Waals surface area contributed by atoms with Gasteiger partial charge in [-0.3, -0.25) is 0 Å². The lowest BCUT2D eigenvalue weighted by Crippen LogP contribution is -2.32. The molecule has 1 aliphatic heterocycles. The number of hydrogen-bond donors (Lipinski definition) is 0. The number of carbonyl (C=O) groups excluding carboxylic acids is 1. The zero-order valence-electron chi connectivity index (χ0n) is 12.9. The topological polar surface area (TPSA) is 62.6 Å². The monoisotopic (exact) mass is 320 g/mol. The predicted molar refractivity (Wildman–Crippen MR) is 79.9 cm³/mol. The lowest BCUT2D eigenvalue weighted by Gasteiger charge is -2.23. The normalized spacial score (nSPS) is 16.6. The van der Waals surface area contributed by atoms with Crippen LogP contribution in [0.15, 0.2) is 24.3 Å². The number of ether oxygens (including phenoxy) is 3. The molecule has 3 rings (SSSR count). The number of benzene rings is 1. The average molecular weight is 320 g/mol. The Morgan fingerprint density at radius 3 is 2.96 bits per heavy atom. The largest absolute Gasteiger partial charge is 0.474 e. The molecule has 1 aromatic carbocycles. The van der Waals surface area contributed by atoms with E-state index >= 15 is 0 Å². The summed E-state index contributed by atoms with van der Waals surface area (Å²) in [7, 11) is 1.58. The molecule has 0 N–H and O–H groups in total. The van der Waals surface area contributed by atoms with Crippen molar-refractivity contribution in [3.05, 3.63) is 35.6 Å². The number of esters is 1. The molecule has 1 aliphatic rings. The fourth-order valence-corrected chi connectivity index (χ4v) is 2.51. The van der Waals surface area contributed by atoms with E-state index in [0.29, 0.717) is 13.2 Å². The van der Waals surface area contributed by atoms with E-state index in [1.165, 1.54) is 10.7 Å². The van der Waals surface area contributed by atoms with Crippen molar-refractivity contribution in [2.24, 2.45) is 0 Å². The third-order valence-corrected chi connectivity index (χ3v) is 3.63. The molecule has 6 nitrogen and oxygen atoms in total. The third kappa shape index (κ3) is 2.79. The first kappa shape index (κ1) is 15.5. The first-order valence-electron chi connectivity index (χ1n) is 7.34. The molecule has 1 unspecified atom stereocenters. The lowest BCUT2D eigenvalue weighted by atomic mass is 10.1. The number of nitrogens with zero attached hydrogens (tertiary/aromatic N) is 2. The van der Waals surface area contributed by atoms with E-state index in [4.69, 9.17) is 14.2 Å². The fraction of sp³-hybridized carbons (Fsp3) is 0.375. The minimum atomic E-state index is -0.581. The molecule has 0 saturated heterocycles. The molecule has 1 atom stereocenters. The highest BCUT2D eigenvalue weighted by molar-refractivity contribution is 5.99. The maximum absolute atomic E-state index is 14.1. The van der Waals surface area contributed by atoms with Gasteiger partial charge in [0.05, 0.1) is 13.2 Å². The Balaban J connectivity index is 2.13. The molecule has 0 spiro atoms. The molecular formula is C16H17FN2O4. The smallest absolute Gasteiger partial charge is 0.345 e. The van der Waals surface area contributed by atoms with Gasteiger partial charge in [0, 0.05) is 12.7 Å². The van der Waals surface area contributed by atoms with E-state index in [1.54, 1.807) is 32.2 Å². The Hall–Kier alpha value is -2.41. The van der Waals surface area contributed by atoms with Crippen LogP contribution in [-0.4, -0.2) is 42.2 Å². The van der Waals surface area contributed by atoms with Gasteiger partial charge in [-0.05, 0) is 19.1 Å². The fourth-order valence-electron chi connectivity index (χ4n) is 2.51. The number of rotatable bonds is 4. The van der Waals surface area contributed by atoms with E-state index in [1.807, 2.05) is 0 Å². The summed E-state index contributed by atoms with van der Waals surface area (Å²) in [6.07, 6.45) is -0.175. The lowest BCUT2D eigenvalue weighted by molar-refractivity contribution is 0.0165. The van der Waals surface area contributed by atoms with Crippen molar-refractivity contribution in [1.82, 2.24) is 9.78 Å². The minimum Gasteiger partial charge on any atom is -0.474 e. The summed E-state index contributed by atoms with van der Waals surface area (Å²) in [5, 5.41) is 4.35. The highest BCUT2D eigenvalue weighted by Crippen LogP contribution is 2.34. The molecule has 2 heterocycles. The van der Waals surface area contributed by atoms with E-state index < -0.39 is 11.8 Å². The van der Waals surface area contributed by atoms with Crippen LogP contribution in [0.2, 0.25) is 0 Å². The standard InChI is InChI=1S/C16H17FN2O4/c1-3-22-16(20)13-14(11-6-4-5-7-12(11)17)18-19-8-10(21-2)9-23-15(13)19/h4-7,10H,3,8-9H2,1-2H3. The van der Waals surface area contributed by atoms with Gasteiger partial charge >= 0.3 is 5.97 Å². The van der Waals surface area contributed by atoms with Gasteiger partial charge in [-0.2, -0.15) is 5.10 Å². The molecular weight excluding hydrogens is 303 g/mol. The zero-order valence-corrected chi connectivity index (χ0v) is 12.9. The van der Waals surface area contributed by atoms with Crippen LogP contribution < -0.4 is 4.74 Å². The second kappa shape index (κ2) is 6.37. The van der Waals surface area contributed by atoms with Crippen molar-refractivity contribution in [2.75, 3.05) is 20.3 Å². The second-order valence-electron chi connectivity index (χ2n) is 5.08. The second-order valence-corrected chi connectivity index (χ2v) is 5.08. The number of fused-ring (bicyclic) bond motifs is 1. The van der Waals surface area contributed by atoms with Crippen molar-refractivity contribution in [3.8, 4) is 17.1 Å². The molecule has 7 heteroatoms. The van der Waals surface area contributed by atoms with Crippen LogP contribution in [0.4, 0.5) is 4.39 Å². The number of aromatic nitrogens is 2. The van der Waals surface area contributed by atoms with E-state index in [-0.39, 0.29) is 35.4 Å². The van der Waals surface area contributed by atoms with E-state index in [9.17, 15) is 9.18 Å². The molecule has 0 amide bonds. The Morgan fingerprint density at radius 1 is 1.48 bits per heavy atom. The van der Waals surface area contributed by atoms with Crippen molar-refractivity contribution in [2.45, 2.75) is 19.6 Å². The summed E-state index contributed by atoms with van der Waals surface area (Å²) in [4.78, 5) is 12.3. The Kier molecular flexibility index (Phi) is 4.29. The quantitative estimate of drug-likeness (QED) is 0.809. The number of hydrogen-bond acceptors (Lipinski definition) is 5.